The first kappa shape index (κ1) is 17.3. The number of H-pyrrole nitrogens is 1. The fourth-order valence-corrected chi connectivity index (χ4v) is 4.35. The monoisotopic (exact) mass is 347 g/mol. The van der Waals surface area contributed by atoms with Gasteiger partial charge in [-0.15, -0.1) is 12.4 Å². The van der Waals surface area contributed by atoms with Crippen molar-refractivity contribution in [2.75, 3.05) is 6.54 Å². The van der Waals surface area contributed by atoms with Crippen molar-refractivity contribution >= 4 is 29.2 Å². The Morgan fingerprint density at radius 3 is 2.71 bits per heavy atom. The van der Waals surface area contributed by atoms with Crippen molar-refractivity contribution in [3.05, 3.63) is 36.0 Å². The molecule has 2 atom stereocenters. The molecule has 2 aliphatic heterocycles. The number of hydrogen-bond donors (Lipinski definition) is 3. The van der Waals surface area contributed by atoms with Crippen molar-refractivity contribution in [2.24, 2.45) is 5.92 Å². The van der Waals surface area contributed by atoms with E-state index in [-0.39, 0.29) is 18.3 Å². The van der Waals surface area contributed by atoms with Crippen LogP contribution in [-0.4, -0.2) is 29.5 Å². The number of halogens is 1. The van der Waals surface area contributed by atoms with E-state index in [4.69, 9.17) is 0 Å². The van der Waals surface area contributed by atoms with Gasteiger partial charge in [-0.2, -0.15) is 0 Å². The summed E-state index contributed by atoms with van der Waals surface area (Å²) >= 11 is 0. The van der Waals surface area contributed by atoms with Crippen LogP contribution < -0.4 is 10.6 Å². The Hall–Kier alpha value is -1.52. The zero-order valence-corrected chi connectivity index (χ0v) is 14.7. The highest BCUT2D eigenvalue weighted by molar-refractivity contribution is 5.85. The molecule has 0 radical (unpaired) electrons. The highest BCUT2D eigenvalue weighted by Crippen LogP contribution is 2.32. The number of carbonyl (C=O) groups is 1. The highest BCUT2D eigenvalue weighted by Gasteiger charge is 2.34. The molecule has 130 valence electrons. The molecule has 2 fully saturated rings. The lowest BCUT2D eigenvalue weighted by Crippen LogP contribution is -2.39. The molecular weight excluding hydrogens is 322 g/mol. The first-order valence-electron chi connectivity index (χ1n) is 8.85. The third-order valence-corrected chi connectivity index (χ3v) is 5.44. The largest absolute Gasteiger partial charge is 0.361 e. The molecule has 5 heteroatoms. The quantitative estimate of drug-likeness (QED) is 0.778. The smallest absolute Gasteiger partial charge is 0.220 e. The summed E-state index contributed by atoms with van der Waals surface area (Å²) in [5.41, 5.74) is 2.44. The van der Waals surface area contributed by atoms with E-state index in [0.717, 1.165) is 13.0 Å². The van der Waals surface area contributed by atoms with Crippen LogP contribution in [0.4, 0.5) is 0 Å². The molecule has 2 aliphatic rings. The Morgan fingerprint density at radius 1 is 1.17 bits per heavy atom. The third kappa shape index (κ3) is 3.76. The number of hydrogen-bond acceptors (Lipinski definition) is 2. The topological polar surface area (TPSA) is 56.9 Å². The van der Waals surface area contributed by atoms with E-state index in [1.807, 2.05) is 6.07 Å². The average Bonchev–Trinajstić information content (AvgIpc) is 3.11. The molecule has 1 aromatic heterocycles. The molecule has 0 saturated carbocycles. The number of aromatic amines is 1. The van der Waals surface area contributed by atoms with Crippen molar-refractivity contribution in [2.45, 2.75) is 50.6 Å². The first-order valence-corrected chi connectivity index (χ1v) is 8.85. The number of carbonyl (C=O) groups excluding carboxylic acids is 1. The summed E-state index contributed by atoms with van der Waals surface area (Å²) < 4.78 is 0. The normalized spacial score (nSPS) is 25.4. The zero-order chi connectivity index (χ0) is 15.6. The van der Waals surface area contributed by atoms with Crippen molar-refractivity contribution in [3.63, 3.8) is 0 Å². The van der Waals surface area contributed by atoms with Crippen LogP contribution >= 0.6 is 12.4 Å². The van der Waals surface area contributed by atoms with Crippen LogP contribution in [0.1, 0.15) is 37.7 Å². The summed E-state index contributed by atoms with van der Waals surface area (Å²) in [5, 5.41) is 8.01. The third-order valence-electron chi connectivity index (χ3n) is 5.44. The van der Waals surface area contributed by atoms with Crippen LogP contribution in [0.3, 0.4) is 0 Å². The molecule has 0 aliphatic carbocycles. The van der Waals surface area contributed by atoms with Crippen LogP contribution in [-0.2, 0) is 11.2 Å². The fourth-order valence-electron chi connectivity index (χ4n) is 4.35. The van der Waals surface area contributed by atoms with E-state index in [0.29, 0.717) is 24.4 Å². The van der Waals surface area contributed by atoms with E-state index in [1.54, 1.807) is 0 Å². The molecule has 2 saturated heterocycles. The van der Waals surface area contributed by atoms with Gasteiger partial charge in [0.1, 0.15) is 0 Å². The van der Waals surface area contributed by atoms with Gasteiger partial charge >= 0.3 is 0 Å². The van der Waals surface area contributed by atoms with E-state index >= 15 is 0 Å². The fraction of sp³-hybridized carbons (Fsp3) is 0.526. The summed E-state index contributed by atoms with van der Waals surface area (Å²) in [6, 6.07) is 9.65. The lowest BCUT2D eigenvalue weighted by Gasteiger charge is -2.28. The Morgan fingerprint density at radius 2 is 1.92 bits per heavy atom. The molecule has 0 spiro atoms. The lowest BCUT2D eigenvalue weighted by atomic mass is 9.89. The standard InChI is InChI=1S/C19H25N3O.ClH/c23-19(11-13-9-15-5-6-16(10-13)22-15)20-8-7-14-12-21-18-4-2-1-3-17(14)18;/h1-4,12-13,15-16,21-22H,5-11H2,(H,20,23);1H. The number of fused-ring (bicyclic) bond motifs is 3. The average molecular weight is 348 g/mol. The predicted molar refractivity (Wildman–Crippen MR) is 99.5 cm³/mol. The number of para-hydroxylation sites is 1. The maximum atomic E-state index is 12.2. The second-order valence-electron chi connectivity index (χ2n) is 7.14. The Labute approximate surface area is 149 Å². The molecule has 2 aromatic rings. The molecule has 24 heavy (non-hydrogen) atoms. The van der Waals surface area contributed by atoms with Gasteiger partial charge in [0.05, 0.1) is 0 Å². The van der Waals surface area contributed by atoms with Crippen LogP contribution in [0.25, 0.3) is 10.9 Å². The van der Waals surface area contributed by atoms with Crippen LogP contribution in [0.15, 0.2) is 30.5 Å². The van der Waals surface area contributed by atoms with Gasteiger partial charge in [-0.25, -0.2) is 0 Å². The van der Waals surface area contributed by atoms with Crippen LogP contribution in [0, 0.1) is 5.92 Å². The van der Waals surface area contributed by atoms with Gasteiger partial charge < -0.3 is 15.6 Å². The van der Waals surface area contributed by atoms with Crippen molar-refractivity contribution in [1.29, 1.82) is 0 Å². The van der Waals surface area contributed by atoms with E-state index in [2.05, 4.69) is 40.0 Å². The minimum Gasteiger partial charge on any atom is -0.361 e. The molecule has 4 nitrogen and oxygen atoms in total. The molecule has 3 N–H and O–H groups in total. The van der Waals surface area contributed by atoms with Crippen molar-refractivity contribution in [3.8, 4) is 0 Å². The molecule has 1 aromatic carbocycles. The minimum atomic E-state index is 0. The molecular formula is C19H26ClN3O. The summed E-state index contributed by atoms with van der Waals surface area (Å²) in [5.74, 6) is 0.790. The molecule has 3 heterocycles. The summed E-state index contributed by atoms with van der Waals surface area (Å²) in [6.07, 6.45) is 8.57. The molecule has 1 amide bonds. The lowest BCUT2D eigenvalue weighted by molar-refractivity contribution is -0.122. The van der Waals surface area contributed by atoms with Gasteiger partial charge in [0.25, 0.3) is 0 Å². The highest BCUT2D eigenvalue weighted by atomic mass is 35.5. The number of rotatable bonds is 5. The molecule has 4 rings (SSSR count). The van der Waals surface area contributed by atoms with E-state index < -0.39 is 0 Å². The second-order valence-corrected chi connectivity index (χ2v) is 7.14. The van der Waals surface area contributed by atoms with E-state index in [9.17, 15) is 4.79 Å². The summed E-state index contributed by atoms with van der Waals surface area (Å²) in [4.78, 5) is 15.5. The van der Waals surface area contributed by atoms with Crippen molar-refractivity contribution < 1.29 is 4.79 Å². The maximum absolute atomic E-state index is 12.2. The minimum absolute atomic E-state index is 0. The van der Waals surface area contributed by atoms with Gasteiger partial charge in [-0.3, -0.25) is 4.79 Å². The number of aromatic nitrogens is 1. The number of amides is 1. The summed E-state index contributed by atoms with van der Waals surface area (Å²) in [6.45, 7) is 0.721. The predicted octanol–water partition coefficient (Wildman–Crippen LogP) is 3.17. The molecule has 2 bridgehead atoms. The Balaban J connectivity index is 0.00000169. The Bertz CT molecular complexity index is 687. The van der Waals surface area contributed by atoms with Crippen LogP contribution in [0.2, 0.25) is 0 Å². The number of benzene rings is 1. The van der Waals surface area contributed by atoms with Crippen LogP contribution in [0.5, 0.6) is 0 Å². The van der Waals surface area contributed by atoms with Crippen molar-refractivity contribution in [1.82, 2.24) is 15.6 Å². The number of piperidine rings is 1. The second kappa shape index (κ2) is 7.58. The maximum Gasteiger partial charge on any atom is 0.220 e. The number of nitrogens with one attached hydrogen (secondary N) is 3. The van der Waals surface area contributed by atoms with E-state index in [1.165, 1.54) is 42.1 Å². The van der Waals surface area contributed by atoms with Gasteiger partial charge in [0.15, 0.2) is 0 Å². The summed E-state index contributed by atoms with van der Waals surface area (Å²) in [7, 11) is 0. The van der Waals surface area contributed by atoms with Gasteiger partial charge in [-0.05, 0) is 49.7 Å². The Kier molecular flexibility index (Phi) is 5.47. The van der Waals surface area contributed by atoms with Gasteiger partial charge in [-0.1, -0.05) is 18.2 Å². The SMILES string of the molecule is Cl.O=C(CC1CC2CCC(C1)N2)NCCc1c[nH]c2ccccc12. The zero-order valence-electron chi connectivity index (χ0n) is 13.9. The molecule has 2 unspecified atom stereocenters. The first-order chi connectivity index (χ1) is 11.3. The van der Waals surface area contributed by atoms with Gasteiger partial charge in [0.2, 0.25) is 5.91 Å². The van der Waals surface area contributed by atoms with Gasteiger partial charge in [0, 0.05) is 42.1 Å².